The fourth-order valence-corrected chi connectivity index (χ4v) is 5.42. The predicted molar refractivity (Wildman–Crippen MR) is 153 cm³/mol. The van der Waals surface area contributed by atoms with Crippen LogP contribution in [0.4, 0.5) is 5.69 Å². The fraction of sp³-hybridized carbons (Fsp3) is 0.241. The van der Waals surface area contributed by atoms with Gasteiger partial charge in [-0.1, -0.05) is 0 Å². The predicted octanol–water partition coefficient (Wildman–Crippen LogP) is 4.39. The van der Waals surface area contributed by atoms with E-state index in [-0.39, 0.29) is 5.91 Å². The van der Waals surface area contributed by atoms with Crippen LogP contribution in [0.2, 0.25) is 0 Å². The first-order valence-corrected chi connectivity index (χ1v) is 13.4. The molecule has 11 heteroatoms. The zero-order valence-corrected chi connectivity index (χ0v) is 22.0. The normalized spacial score (nSPS) is 14.2. The summed E-state index contributed by atoms with van der Waals surface area (Å²) >= 11 is 0. The van der Waals surface area contributed by atoms with Crippen molar-refractivity contribution in [2.24, 2.45) is 5.92 Å². The number of piperidine rings is 1. The van der Waals surface area contributed by atoms with Crippen molar-refractivity contribution in [1.82, 2.24) is 45.0 Å². The highest BCUT2D eigenvalue weighted by Gasteiger charge is 2.18. The zero-order valence-electron chi connectivity index (χ0n) is 22.0. The first-order chi connectivity index (χ1) is 19.6. The number of carbonyl (C=O) groups is 1. The highest BCUT2D eigenvalue weighted by Crippen LogP contribution is 2.32. The number of imidazole rings is 1. The number of pyridine rings is 3. The summed E-state index contributed by atoms with van der Waals surface area (Å²) in [5.74, 6) is 0.444. The molecule has 6 aromatic heterocycles. The van der Waals surface area contributed by atoms with Crippen LogP contribution in [0.3, 0.4) is 0 Å². The van der Waals surface area contributed by atoms with E-state index in [9.17, 15) is 4.79 Å². The molecular weight excluding hydrogens is 504 g/mol. The Balaban J connectivity index is 1.19. The summed E-state index contributed by atoms with van der Waals surface area (Å²) in [5, 5.41) is 15.9. The highest BCUT2D eigenvalue weighted by molar-refractivity contribution is 5.98. The first kappa shape index (κ1) is 24.2. The maximum atomic E-state index is 12.7. The minimum atomic E-state index is 0.0232. The van der Waals surface area contributed by atoms with Crippen LogP contribution >= 0.6 is 0 Å². The molecule has 0 aliphatic carbocycles. The van der Waals surface area contributed by atoms with Crippen molar-refractivity contribution in [2.45, 2.75) is 26.2 Å². The van der Waals surface area contributed by atoms with Crippen LogP contribution in [0.1, 0.15) is 25.0 Å². The average molecular weight is 533 g/mol. The Hall–Kier alpha value is -4.90. The molecule has 6 aromatic rings. The van der Waals surface area contributed by atoms with Gasteiger partial charge in [0, 0.05) is 46.9 Å². The van der Waals surface area contributed by atoms with Gasteiger partial charge in [0.2, 0.25) is 5.91 Å². The van der Waals surface area contributed by atoms with Crippen molar-refractivity contribution < 1.29 is 4.79 Å². The van der Waals surface area contributed by atoms with E-state index in [0.717, 1.165) is 76.1 Å². The van der Waals surface area contributed by atoms with Gasteiger partial charge in [-0.05, 0) is 57.0 Å². The number of aromatic amines is 2. The van der Waals surface area contributed by atoms with Gasteiger partial charge in [-0.25, -0.2) is 9.97 Å². The average Bonchev–Trinajstić information content (AvgIpc) is 3.71. The first-order valence-electron chi connectivity index (χ1n) is 13.4. The molecule has 1 fully saturated rings. The topological polar surface area (TPSA) is 142 Å². The minimum absolute atomic E-state index is 0.0232. The van der Waals surface area contributed by atoms with Crippen LogP contribution in [0.5, 0.6) is 0 Å². The molecule has 40 heavy (non-hydrogen) atoms. The zero-order chi connectivity index (χ0) is 27.1. The number of aryl methyl sites for hydroxylation is 1. The van der Waals surface area contributed by atoms with Gasteiger partial charge < -0.3 is 20.2 Å². The molecule has 4 N–H and O–H groups in total. The molecule has 0 aromatic carbocycles. The number of rotatable bonds is 6. The van der Waals surface area contributed by atoms with Gasteiger partial charge in [0.1, 0.15) is 5.69 Å². The maximum Gasteiger partial charge on any atom is 0.224 e. The van der Waals surface area contributed by atoms with E-state index in [0.29, 0.717) is 23.7 Å². The van der Waals surface area contributed by atoms with Crippen molar-refractivity contribution in [3.05, 3.63) is 67.4 Å². The molecule has 1 aliphatic heterocycles. The second kappa shape index (κ2) is 10.0. The minimum Gasteiger partial charge on any atom is -0.352 e. The summed E-state index contributed by atoms with van der Waals surface area (Å²) in [5.41, 5.74) is 7.47. The lowest BCUT2D eigenvalue weighted by Crippen LogP contribution is -2.30. The van der Waals surface area contributed by atoms with Gasteiger partial charge in [-0.3, -0.25) is 19.9 Å². The number of fused-ring (bicyclic) bond motifs is 2. The molecule has 0 spiro atoms. The van der Waals surface area contributed by atoms with Gasteiger partial charge >= 0.3 is 0 Å². The molecule has 7 heterocycles. The SMILES string of the molecule is Cc1cn(-c2cncc3[nH]c(-c4n[nH]c5ncc(-c6cncc(NC(=O)CC7CCNCC7)c6)cc45)cc23)cn1. The number of nitrogens with one attached hydrogen (secondary N) is 4. The van der Waals surface area contributed by atoms with Crippen LogP contribution in [-0.4, -0.2) is 58.7 Å². The van der Waals surface area contributed by atoms with Crippen molar-refractivity contribution in [3.8, 4) is 28.2 Å². The lowest BCUT2D eigenvalue weighted by Gasteiger charge is -2.21. The van der Waals surface area contributed by atoms with Crippen molar-refractivity contribution in [2.75, 3.05) is 18.4 Å². The summed E-state index contributed by atoms with van der Waals surface area (Å²) < 4.78 is 1.97. The van der Waals surface area contributed by atoms with Crippen LogP contribution in [0.25, 0.3) is 50.1 Å². The number of aromatic nitrogens is 8. The second-order valence-electron chi connectivity index (χ2n) is 10.3. The van der Waals surface area contributed by atoms with Gasteiger partial charge in [0.25, 0.3) is 0 Å². The molecule has 11 nitrogen and oxygen atoms in total. The van der Waals surface area contributed by atoms with Crippen LogP contribution in [0.15, 0.2) is 61.7 Å². The summed E-state index contributed by atoms with van der Waals surface area (Å²) in [6, 6.07) is 6.05. The summed E-state index contributed by atoms with van der Waals surface area (Å²) in [7, 11) is 0. The standard InChI is InChI=1S/C29H28N10O/c1-17-15-39(16-34-17)26-14-32-13-25-22(26)9-24(36-25)28-23-8-20(11-33-29(23)38-37-28)19-7-21(12-31-10-19)35-27(40)6-18-2-4-30-5-3-18/h7-16,18,30,36H,2-6H2,1H3,(H,35,40)(H,33,37,38). The van der Waals surface area contributed by atoms with E-state index in [2.05, 4.69) is 51.8 Å². The van der Waals surface area contributed by atoms with Crippen molar-refractivity contribution >= 4 is 33.5 Å². The lowest BCUT2D eigenvalue weighted by molar-refractivity contribution is -0.117. The number of amides is 1. The summed E-state index contributed by atoms with van der Waals surface area (Å²) in [6.45, 7) is 3.91. The van der Waals surface area contributed by atoms with Gasteiger partial charge in [0.15, 0.2) is 5.65 Å². The highest BCUT2D eigenvalue weighted by atomic mass is 16.1. The monoisotopic (exact) mass is 532 g/mol. The Morgan fingerprint density at radius 3 is 2.70 bits per heavy atom. The van der Waals surface area contributed by atoms with E-state index in [4.69, 9.17) is 0 Å². The Bertz CT molecular complexity index is 1840. The van der Waals surface area contributed by atoms with E-state index < -0.39 is 0 Å². The molecule has 1 amide bonds. The van der Waals surface area contributed by atoms with E-state index in [1.54, 1.807) is 31.1 Å². The quantitative estimate of drug-likeness (QED) is 0.249. The van der Waals surface area contributed by atoms with E-state index in [1.165, 1.54) is 0 Å². The van der Waals surface area contributed by atoms with E-state index in [1.807, 2.05) is 36.0 Å². The molecular formula is C29H28N10O. The Kier molecular flexibility index (Phi) is 6.05. The third kappa shape index (κ3) is 4.60. The number of hydrogen-bond acceptors (Lipinski definition) is 7. The molecule has 0 radical (unpaired) electrons. The molecule has 0 bridgehead atoms. The van der Waals surface area contributed by atoms with Crippen molar-refractivity contribution in [1.29, 1.82) is 0 Å². The number of nitrogens with zero attached hydrogens (tertiary/aromatic N) is 6. The number of H-pyrrole nitrogens is 2. The summed E-state index contributed by atoms with van der Waals surface area (Å²) in [4.78, 5) is 33.9. The lowest BCUT2D eigenvalue weighted by atomic mass is 9.94. The van der Waals surface area contributed by atoms with Crippen LogP contribution in [-0.2, 0) is 4.79 Å². The Morgan fingerprint density at radius 2 is 1.85 bits per heavy atom. The fourth-order valence-electron chi connectivity index (χ4n) is 5.42. The molecule has 200 valence electrons. The third-order valence-electron chi connectivity index (χ3n) is 7.47. The Labute approximate surface area is 229 Å². The van der Waals surface area contributed by atoms with Crippen LogP contribution < -0.4 is 10.6 Å². The van der Waals surface area contributed by atoms with Gasteiger partial charge in [0.05, 0.1) is 53.2 Å². The number of hydrogen-bond donors (Lipinski definition) is 4. The van der Waals surface area contributed by atoms with Crippen LogP contribution in [0, 0.1) is 12.8 Å². The molecule has 0 unspecified atom stereocenters. The molecule has 0 atom stereocenters. The molecule has 1 saturated heterocycles. The smallest absolute Gasteiger partial charge is 0.224 e. The second-order valence-corrected chi connectivity index (χ2v) is 10.3. The molecule has 0 saturated carbocycles. The largest absolute Gasteiger partial charge is 0.352 e. The molecule has 7 rings (SSSR count). The number of anilines is 1. The van der Waals surface area contributed by atoms with Crippen molar-refractivity contribution in [3.63, 3.8) is 0 Å². The number of carbonyl (C=O) groups excluding carboxylic acids is 1. The van der Waals surface area contributed by atoms with Gasteiger partial charge in [-0.2, -0.15) is 5.10 Å². The Morgan fingerprint density at radius 1 is 1.00 bits per heavy atom. The van der Waals surface area contributed by atoms with Gasteiger partial charge in [-0.15, -0.1) is 0 Å². The van der Waals surface area contributed by atoms with E-state index >= 15 is 0 Å². The maximum absolute atomic E-state index is 12.7. The molecule has 1 aliphatic rings. The third-order valence-corrected chi connectivity index (χ3v) is 7.47. The summed E-state index contributed by atoms with van der Waals surface area (Å²) in [6.07, 6.45) is 15.2.